The fourth-order valence-corrected chi connectivity index (χ4v) is 1.74. The second-order valence-corrected chi connectivity index (χ2v) is 4.52. The largest absolute Gasteiger partial charge is 0.433 e. The summed E-state index contributed by atoms with van der Waals surface area (Å²) in [6, 6.07) is 5.28. The lowest BCUT2D eigenvalue weighted by Crippen LogP contribution is -2.12. The van der Waals surface area contributed by atoms with Crippen molar-refractivity contribution < 1.29 is 27.6 Å². The van der Waals surface area contributed by atoms with Gasteiger partial charge < -0.3 is 4.74 Å². The number of hydrogen-bond donors (Lipinski definition) is 0. The molecular formula is C14H9F3N2O4. The third-order valence-corrected chi connectivity index (χ3v) is 2.87. The van der Waals surface area contributed by atoms with Gasteiger partial charge in [-0.05, 0) is 31.2 Å². The minimum Gasteiger partial charge on any atom is -0.423 e. The lowest BCUT2D eigenvalue weighted by molar-refractivity contribution is -0.385. The number of nitro benzene ring substituents is 1. The number of alkyl halides is 3. The van der Waals surface area contributed by atoms with Gasteiger partial charge >= 0.3 is 12.1 Å². The predicted octanol–water partition coefficient (Wildman–Crippen LogP) is 3.54. The highest BCUT2D eigenvalue weighted by atomic mass is 19.4. The molecule has 0 spiro atoms. The number of ether oxygens (including phenoxy) is 1. The van der Waals surface area contributed by atoms with Crippen LogP contribution in [0.25, 0.3) is 0 Å². The highest BCUT2D eigenvalue weighted by Crippen LogP contribution is 2.27. The van der Waals surface area contributed by atoms with Gasteiger partial charge in [-0.25, -0.2) is 4.79 Å². The number of esters is 1. The van der Waals surface area contributed by atoms with Gasteiger partial charge in [0.15, 0.2) is 0 Å². The summed E-state index contributed by atoms with van der Waals surface area (Å²) in [5, 5.41) is 10.7. The van der Waals surface area contributed by atoms with Gasteiger partial charge in [-0.1, -0.05) is 0 Å². The van der Waals surface area contributed by atoms with Crippen molar-refractivity contribution in [3.05, 3.63) is 63.5 Å². The second-order valence-electron chi connectivity index (χ2n) is 4.52. The van der Waals surface area contributed by atoms with E-state index in [1.165, 1.54) is 25.1 Å². The number of nitrogens with zero attached hydrogens (tertiary/aromatic N) is 2. The van der Waals surface area contributed by atoms with Crippen LogP contribution in [0.15, 0.2) is 36.5 Å². The van der Waals surface area contributed by atoms with Crippen LogP contribution in [0.4, 0.5) is 18.9 Å². The van der Waals surface area contributed by atoms with E-state index in [-0.39, 0.29) is 22.6 Å². The van der Waals surface area contributed by atoms with Crippen molar-refractivity contribution in [2.75, 3.05) is 0 Å². The van der Waals surface area contributed by atoms with Crippen LogP contribution in [-0.2, 0) is 6.18 Å². The van der Waals surface area contributed by atoms with Crippen LogP contribution in [0.2, 0.25) is 0 Å². The van der Waals surface area contributed by atoms with Crippen molar-refractivity contribution in [2.24, 2.45) is 0 Å². The van der Waals surface area contributed by atoms with E-state index in [9.17, 15) is 28.1 Å². The summed E-state index contributed by atoms with van der Waals surface area (Å²) in [6.07, 6.45) is -3.85. The Hall–Kier alpha value is -2.97. The van der Waals surface area contributed by atoms with Crippen LogP contribution in [0.1, 0.15) is 21.6 Å². The van der Waals surface area contributed by atoms with Gasteiger partial charge in [0.05, 0.1) is 10.5 Å². The normalized spacial score (nSPS) is 11.1. The first-order valence-electron chi connectivity index (χ1n) is 6.19. The third-order valence-electron chi connectivity index (χ3n) is 2.87. The Morgan fingerprint density at radius 3 is 2.43 bits per heavy atom. The van der Waals surface area contributed by atoms with E-state index >= 15 is 0 Å². The minimum absolute atomic E-state index is 0.0398. The maximum absolute atomic E-state index is 12.4. The van der Waals surface area contributed by atoms with Gasteiger partial charge in [-0.15, -0.1) is 0 Å². The predicted molar refractivity (Wildman–Crippen MR) is 72.0 cm³/mol. The zero-order valence-electron chi connectivity index (χ0n) is 11.6. The van der Waals surface area contributed by atoms with Gasteiger partial charge in [0, 0.05) is 17.8 Å². The number of aromatic nitrogens is 1. The molecule has 0 aliphatic rings. The van der Waals surface area contributed by atoms with E-state index in [4.69, 9.17) is 4.74 Å². The Morgan fingerprint density at radius 1 is 1.26 bits per heavy atom. The smallest absolute Gasteiger partial charge is 0.423 e. The molecule has 0 aliphatic heterocycles. The Morgan fingerprint density at radius 2 is 1.96 bits per heavy atom. The van der Waals surface area contributed by atoms with Crippen LogP contribution in [0.5, 0.6) is 5.75 Å². The topological polar surface area (TPSA) is 82.3 Å². The van der Waals surface area contributed by atoms with Crippen LogP contribution in [-0.4, -0.2) is 15.9 Å². The number of halogens is 3. The molecular weight excluding hydrogens is 317 g/mol. The van der Waals surface area contributed by atoms with Gasteiger partial charge in [-0.3, -0.25) is 15.1 Å². The quantitative estimate of drug-likeness (QED) is 0.373. The number of pyridine rings is 1. The molecule has 0 radical (unpaired) electrons. The molecule has 9 heteroatoms. The molecule has 2 aromatic rings. The molecule has 0 bridgehead atoms. The molecule has 6 nitrogen and oxygen atoms in total. The number of aryl methyl sites for hydroxylation is 1. The van der Waals surface area contributed by atoms with Crippen LogP contribution < -0.4 is 4.74 Å². The van der Waals surface area contributed by atoms with E-state index in [2.05, 4.69) is 4.98 Å². The molecule has 0 N–H and O–H groups in total. The number of rotatable bonds is 3. The first-order valence-corrected chi connectivity index (χ1v) is 6.19. The summed E-state index contributed by atoms with van der Waals surface area (Å²) >= 11 is 0. The van der Waals surface area contributed by atoms with Crippen molar-refractivity contribution in [3.63, 3.8) is 0 Å². The zero-order valence-corrected chi connectivity index (χ0v) is 11.6. The number of carbonyl (C=O) groups excluding carboxylic acids is 1. The van der Waals surface area contributed by atoms with Crippen molar-refractivity contribution in [2.45, 2.75) is 13.1 Å². The van der Waals surface area contributed by atoms with Crippen LogP contribution >= 0.6 is 0 Å². The molecule has 0 amide bonds. The van der Waals surface area contributed by atoms with E-state index < -0.39 is 22.8 Å². The molecule has 23 heavy (non-hydrogen) atoms. The van der Waals surface area contributed by atoms with Crippen LogP contribution in [0, 0.1) is 17.0 Å². The maximum atomic E-state index is 12.4. The second kappa shape index (κ2) is 6.03. The van der Waals surface area contributed by atoms with E-state index in [1.54, 1.807) is 0 Å². The van der Waals surface area contributed by atoms with Gasteiger partial charge in [0.25, 0.3) is 5.69 Å². The average molecular weight is 326 g/mol. The Kier molecular flexibility index (Phi) is 4.30. The Labute approximate surface area is 127 Å². The standard InChI is InChI=1S/C14H9F3N2O4/c1-8-6-10(3-4-11(8)19(21)22)23-13(20)9-2-5-12(18-7-9)14(15,16)17/h2-7H,1H3. The summed E-state index contributed by atoms with van der Waals surface area (Å²) in [5.74, 6) is -0.877. The molecule has 2 rings (SSSR count). The lowest BCUT2D eigenvalue weighted by atomic mass is 10.2. The number of benzene rings is 1. The highest BCUT2D eigenvalue weighted by Gasteiger charge is 2.32. The van der Waals surface area contributed by atoms with Crippen molar-refractivity contribution in [1.29, 1.82) is 0 Å². The van der Waals surface area contributed by atoms with Crippen molar-refractivity contribution >= 4 is 11.7 Å². The monoisotopic (exact) mass is 326 g/mol. The SMILES string of the molecule is Cc1cc(OC(=O)c2ccc(C(F)(F)F)nc2)ccc1[N+](=O)[O-]. The third kappa shape index (κ3) is 3.82. The van der Waals surface area contributed by atoms with Crippen molar-refractivity contribution in [3.8, 4) is 5.75 Å². The van der Waals surface area contributed by atoms with Crippen LogP contribution in [0.3, 0.4) is 0 Å². The first kappa shape index (κ1) is 16.4. The molecule has 0 unspecified atom stereocenters. The highest BCUT2D eigenvalue weighted by molar-refractivity contribution is 5.90. The lowest BCUT2D eigenvalue weighted by Gasteiger charge is -2.07. The number of hydrogen-bond acceptors (Lipinski definition) is 5. The molecule has 120 valence electrons. The Balaban J connectivity index is 2.16. The Bertz CT molecular complexity index is 758. The van der Waals surface area contributed by atoms with E-state index in [0.717, 1.165) is 12.3 Å². The van der Waals surface area contributed by atoms with E-state index in [1.807, 2.05) is 0 Å². The summed E-state index contributed by atoms with van der Waals surface area (Å²) in [6.45, 7) is 1.47. The minimum atomic E-state index is -4.60. The van der Waals surface area contributed by atoms with Crippen molar-refractivity contribution in [1.82, 2.24) is 4.98 Å². The van der Waals surface area contributed by atoms with Gasteiger partial charge in [-0.2, -0.15) is 13.2 Å². The number of nitro groups is 1. The molecule has 0 aliphatic carbocycles. The molecule has 0 atom stereocenters. The van der Waals surface area contributed by atoms with Gasteiger partial charge in [0.1, 0.15) is 11.4 Å². The summed E-state index contributed by atoms with van der Waals surface area (Å²) in [5.41, 5.74) is -1.15. The summed E-state index contributed by atoms with van der Waals surface area (Å²) in [7, 11) is 0. The molecule has 0 fully saturated rings. The fraction of sp³-hybridized carbons (Fsp3) is 0.143. The number of carbonyl (C=O) groups is 1. The van der Waals surface area contributed by atoms with E-state index in [0.29, 0.717) is 6.07 Å². The average Bonchev–Trinajstić information content (AvgIpc) is 2.46. The first-order chi connectivity index (χ1) is 10.7. The molecule has 0 saturated carbocycles. The summed E-state index contributed by atoms with van der Waals surface area (Å²) < 4.78 is 42.1. The molecule has 0 saturated heterocycles. The maximum Gasteiger partial charge on any atom is 0.433 e. The molecule has 1 heterocycles. The van der Waals surface area contributed by atoms with Gasteiger partial charge in [0.2, 0.25) is 0 Å². The zero-order chi connectivity index (χ0) is 17.2. The molecule has 1 aromatic carbocycles. The molecule has 1 aromatic heterocycles. The fourth-order valence-electron chi connectivity index (χ4n) is 1.74. The summed E-state index contributed by atoms with van der Waals surface area (Å²) in [4.78, 5) is 25.1.